The van der Waals surface area contributed by atoms with Gasteiger partial charge in [0.1, 0.15) is 5.82 Å². The molecule has 1 aliphatic rings. The van der Waals surface area contributed by atoms with Crippen LogP contribution in [0.1, 0.15) is 25.8 Å². The zero-order chi connectivity index (χ0) is 14.5. The van der Waals surface area contributed by atoms with Crippen molar-refractivity contribution in [1.82, 2.24) is 9.80 Å². The summed E-state index contributed by atoms with van der Waals surface area (Å²) < 4.78 is 13.1. The SMILES string of the molecule is CC(=O)N1CCN(C(C)CCc2cccc(F)c2)CC1. The predicted molar refractivity (Wildman–Crippen MR) is 78.0 cm³/mol. The van der Waals surface area contributed by atoms with Crippen molar-refractivity contribution >= 4 is 5.91 Å². The van der Waals surface area contributed by atoms with Crippen LogP contribution in [-0.2, 0) is 11.2 Å². The minimum Gasteiger partial charge on any atom is -0.340 e. The zero-order valence-electron chi connectivity index (χ0n) is 12.3. The highest BCUT2D eigenvalue weighted by atomic mass is 19.1. The van der Waals surface area contributed by atoms with Gasteiger partial charge in [-0.05, 0) is 37.5 Å². The Labute approximate surface area is 120 Å². The average molecular weight is 278 g/mol. The highest BCUT2D eigenvalue weighted by Crippen LogP contribution is 2.13. The number of benzene rings is 1. The van der Waals surface area contributed by atoms with Crippen LogP contribution in [0.3, 0.4) is 0 Å². The lowest BCUT2D eigenvalue weighted by molar-refractivity contribution is -0.130. The van der Waals surface area contributed by atoms with Gasteiger partial charge < -0.3 is 4.90 Å². The van der Waals surface area contributed by atoms with E-state index in [1.54, 1.807) is 19.1 Å². The van der Waals surface area contributed by atoms with Gasteiger partial charge in [-0.1, -0.05) is 12.1 Å². The second-order valence-corrected chi connectivity index (χ2v) is 5.56. The first kappa shape index (κ1) is 15.0. The highest BCUT2D eigenvalue weighted by Gasteiger charge is 2.21. The quantitative estimate of drug-likeness (QED) is 0.844. The molecule has 0 spiro atoms. The molecule has 3 nitrogen and oxygen atoms in total. The third-order valence-corrected chi connectivity index (χ3v) is 4.12. The van der Waals surface area contributed by atoms with Crippen LogP contribution in [0.25, 0.3) is 0 Å². The monoisotopic (exact) mass is 278 g/mol. The van der Waals surface area contributed by atoms with E-state index in [-0.39, 0.29) is 11.7 Å². The van der Waals surface area contributed by atoms with Crippen LogP contribution in [0.5, 0.6) is 0 Å². The first-order valence-corrected chi connectivity index (χ1v) is 7.30. The molecular weight excluding hydrogens is 255 g/mol. The van der Waals surface area contributed by atoms with Crippen molar-refractivity contribution in [3.8, 4) is 0 Å². The van der Waals surface area contributed by atoms with Gasteiger partial charge in [-0.3, -0.25) is 9.69 Å². The number of carbonyl (C=O) groups is 1. The third kappa shape index (κ3) is 4.04. The number of hydrogen-bond donors (Lipinski definition) is 0. The van der Waals surface area contributed by atoms with Gasteiger partial charge in [0.2, 0.25) is 5.91 Å². The first-order valence-electron chi connectivity index (χ1n) is 7.30. The Morgan fingerprint density at radius 1 is 1.30 bits per heavy atom. The molecule has 1 atom stereocenters. The Morgan fingerprint density at radius 2 is 2.00 bits per heavy atom. The standard InChI is InChI=1S/C16H23FN2O/c1-13(6-7-15-4-3-5-16(17)12-15)18-8-10-19(11-9-18)14(2)20/h3-5,12-13H,6-11H2,1-2H3. The second kappa shape index (κ2) is 6.84. The van der Waals surface area contributed by atoms with E-state index in [9.17, 15) is 9.18 Å². The number of hydrogen-bond acceptors (Lipinski definition) is 2. The highest BCUT2D eigenvalue weighted by molar-refractivity contribution is 5.73. The number of amides is 1. The van der Waals surface area contributed by atoms with Crippen molar-refractivity contribution in [1.29, 1.82) is 0 Å². The Kier molecular flexibility index (Phi) is 5.12. The van der Waals surface area contributed by atoms with Crippen molar-refractivity contribution in [2.45, 2.75) is 32.7 Å². The largest absolute Gasteiger partial charge is 0.340 e. The fourth-order valence-electron chi connectivity index (χ4n) is 2.73. The molecule has 1 aromatic rings. The molecule has 0 aromatic heterocycles. The maximum atomic E-state index is 13.1. The fraction of sp³-hybridized carbons (Fsp3) is 0.562. The van der Waals surface area contributed by atoms with Crippen LogP contribution in [0.4, 0.5) is 4.39 Å². The minimum absolute atomic E-state index is 0.162. The van der Waals surface area contributed by atoms with Gasteiger partial charge in [0, 0.05) is 39.1 Å². The lowest BCUT2D eigenvalue weighted by atomic mass is 10.0. The molecule has 110 valence electrons. The molecule has 20 heavy (non-hydrogen) atoms. The smallest absolute Gasteiger partial charge is 0.219 e. The molecule has 2 rings (SSSR count). The molecule has 1 aliphatic heterocycles. The molecule has 1 saturated heterocycles. The molecular formula is C16H23FN2O. The Bertz CT molecular complexity index is 456. The van der Waals surface area contributed by atoms with Crippen LogP contribution in [0, 0.1) is 5.82 Å². The number of aryl methyl sites for hydroxylation is 1. The van der Waals surface area contributed by atoms with E-state index in [0.717, 1.165) is 44.6 Å². The van der Waals surface area contributed by atoms with E-state index in [1.165, 1.54) is 6.07 Å². The molecule has 1 amide bonds. The van der Waals surface area contributed by atoms with E-state index >= 15 is 0 Å². The maximum absolute atomic E-state index is 13.1. The van der Waals surface area contributed by atoms with Crippen molar-refractivity contribution in [3.63, 3.8) is 0 Å². The van der Waals surface area contributed by atoms with Crippen LogP contribution in [-0.4, -0.2) is 47.9 Å². The van der Waals surface area contributed by atoms with Gasteiger partial charge in [-0.15, -0.1) is 0 Å². The summed E-state index contributed by atoms with van der Waals surface area (Å²) >= 11 is 0. The zero-order valence-corrected chi connectivity index (χ0v) is 12.3. The Morgan fingerprint density at radius 3 is 2.60 bits per heavy atom. The lowest BCUT2D eigenvalue weighted by Gasteiger charge is -2.37. The number of nitrogens with zero attached hydrogens (tertiary/aromatic N) is 2. The van der Waals surface area contributed by atoms with Gasteiger partial charge >= 0.3 is 0 Å². The van der Waals surface area contributed by atoms with Crippen molar-refractivity contribution < 1.29 is 9.18 Å². The molecule has 4 heteroatoms. The molecule has 0 aliphatic carbocycles. The van der Waals surface area contributed by atoms with Gasteiger partial charge in [0.25, 0.3) is 0 Å². The van der Waals surface area contributed by atoms with Crippen LogP contribution in [0.15, 0.2) is 24.3 Å². The van der Waals surface area contributed by atoms with Crippen molar-refractivity contribution in [3.05, 3.63) is 35.6 Å². The summed E-state index contributed by atoms with van der Waals surface area (Å²) in [6.07, 6.45) is 1.91. The topological polar surface area (TPSA) is 23.6 Å². The first-order chi connectivity index (χ1) is 9.56. The third-order valence-electron chi connectivity index (χ3n) is 4.12. The van der Waals surface area contributed by atoms with Crippen LogP contribution < -0.4 is 0 Å². The minimum atomic E-state index is -0.162. The number of carbonyl (C=O) groups excluding carboxylic acids is 1. The van der Waals surface area contributed by atoms with E-state index in [0.29, 0.717) is 6.04 Å². The molecule has 0 bridgehead atoms. The normalized spacial score (nSPS) is 18.1. The summed E-state index contributed by atoms with van der Waals surface area (Å²) in [5.74, 6) is 0.00212. The van der Waals surface area contributed by atoms with Gasteiger partial charge in [-0.25, -0.2) is 4.39 Å². The molecule has 0 saturated carbocycles. The summed E-state index contributed by atoms with van der Waals surface area (Å²) in [5.41, 5.74) is 1.05. The second-order valence-electron chi connectivity index (χ2n) is 5.56. The van der Waals surface area contributed by atoms with Gasteiger partial charge in [0.05, 0.1) is 0 Å². The Hall–Kier alpha value is -1.42. The molecule has 0 N–H and O–H groups in total. The van der Waals surface area contributed by atoms with E-state index in [1.807, 2.05) is 11.0 Å². The molecule has 1 aromatic carbocycles. The van der Waals surface area contributed by atoms with Crippen LogP contribution in [0.2, 0.25) is 0 Å². The van der Waals surface area contributed by atoms with Gasteiger partial charge in [0.15, 0.2) is 0 Å². The van der Waals surface area contributed by atoms with E-state index in [4.69, 9.17) is 0 Å². The Balaban J connectivity index is 1.78. The average Bonchev–Trinajstić information content (AvgIpc) is 2.45. The fourth-order valence-corrected chi connectivity index (χ4v) is 2.73. The summed E-state index contributed by atoms with van der Waals surface area (Å²) in [7, 11) is 0. The summed E-state index contributed by atoms with van der Waals surface area (Å²) in [4.78, 5) is 15.6. The maximum Gasteiger partial charge on any atom is 0.219 e. The van der Waals surface area contributed by atoms with Crippen molar-refractivity contribution in [2.24, 2.45) is 0 Å². The molecule has 1 fully saturated rings. The van der Waals surface area contributed by atoms with E-state index in [2.05, 4.69) is 11.8 Å². The lowest BCUT2D eigenvalue weighted by Crippen LogP contribution is -2.50. The molecule has 0 radical (unpaired) electrons. The molecule has 1 unspecified atom stereocenters. The van der Waals surface area contributed by atoms with Crippen LogP contribution >= 0.6 is 0 Å². The predicted octanol–water partition coefficient (Wildman–Crippen LogP) is 2.31. The van der Waals surface area contributed by atoms with E-state index < -0.39 is 0 Å². The summed E-state index contributed by atoms with van der Waals surface area (Å²) in [6, 6.07) is 7.30. The molecule has 1 heterocycles. The van der Waals surface area contributed by atoms with Crippen molar-refractivity contribution in [2.75, 3.05) is 26.2 Å². The summed E-state index contributed by atoms with van der Waals surface area (Å²) in [6.45, 7) is 7.35. The number of piperazine rings is 1. The number of rotatable bonds is 4. The number of halogens is 1. The summed E-state index contributed by atoms with van der Waals surface area (Å²) in [5, 5.41) is 0. The van der Waals surface area contributed by atoms with Gasteiger partial charge in [-0.2, -0.15) is 0 Å².